The minimum absolute atomic E-state index is 0.0850. The van der Waals surface area contributed by atoms with Gasteiger partial charge in [0.2, 0.25) is 0 Å². The van der Waals surface area contributed by atoms with Crippen LogP contribution in [-0.2, 0) is 0 Å². The molecular formula is C18H23NO2. The summed E-state index contributed by atoms with van der Waals surface area (Å²) in [5.74, 6) is 1.80. The fourth-order valence-electron chi connectivity index (χ4n) is 2.42. The molecular weight excluding hydrogens is 262 g/mol. The summed E-state index contributed by atoms with van der Waals surface area (Å²) in [4.78, 5) is 0. The lowest BCUT2D eigenvalue weighted by atomic mass is 10.1. The third kappa shape index (κ3) is 3.76. The van der Waals surface area contributed by atoms with Crippen molar-refractivity contribution in [3.8, 4) is 11.5 Å². The Labute approximate surface area is 126 Å². The number of aryl methyl sites for hydroxylation is 2. The van der Waals surface area contributed by atoms with Crippen LogP contribution in [0.1, 0.15) is 22.7 Å². The maximum atomic E-state index is 5.98. The molecule has 0 aliphatic heterocycles. The first-order valence-corrected chi connectivity index (χ1v) is 7.16. The third-order valence-corrected chi connectivity index (χ3v) is 3.60. The molecule has 112 valence electrons. The minimum atomic E-state index is 0.0850. The molecule has 2 aromatic carbocycles. The summed E-state index contributed by atoms with van der Waals surface area (Å²) in [6.45, 7) is 4.71. The second-order valence-corrected chi connectivity index (χ2v) is 5.16. The summed E-state index contributed by atoms with van der Waals surface area (Å²) in [5, 5.41) is 3.29. The minimum Gasteiger partial charge on any atom is -0.496 e. The molecule has 2 aromatic rings. The number of hydrogen-bond donors (Lipinski definition) is 1. The molecule has 0 radical (unpaired) electrons. The van der Waals surface area contributed by atoms with Gasteiger partial charge in [-0.2, -0.15) is 0 Å². The van der Waals surface area contributed by atoms with Crippen LogP contribution in [0.4, 0.5) is 0 Å². The smallest absolute Gasteiger partial charge is 0.123 e. The highest BCUT2D eigenvalue weighted by atomic mass is 16.5. The Morgan fingerprint density at radius 3 is 2.48 bits per heavy atom. The van der Waals surface area contributed by atoms with Gasteiger partial charge in [0.25, 0.3) is 0 Å². The van der Waals surface area contributed by atoms with Gasteiger partial charge in [0.15, 0.2) is 0 Å². The van der Waals surface area contributed by atoms with Gasteiger partial charge in [-0.05, 0) is 38.6 Å². The summed E-state index contributed by atoms with van der Waals surface area (Å²) < 4.78 is 11.4. The summed E-state index contributed by atoms with van der Waals surface area (Å²) in [6, 6.07) is 14.3. The maximum absolute atomic E-state index is 5.98. The zero-order chi connectivity index (χ0) is 15.2. The van der Waals surface area contributed by atoms with Crippen LogP contribution in [-0.4, -0.2) is 20.8 Å². The van der Waals surface area contributed by atoms with Crippen molar-refractivity contribution in [2.45, 2.75) is 19.9 Å². The summed E-state index contributed by atoms with van der Waals surface area (Å²) in [6.07, 6.45) is 0. The van der Waals surface area contributed by atoms with Gasteiger partial charge in [-0.1, -0.05) is 35.9 Å². The molecule has 1 atom stereocenters. The van der Waals surface area contributed by atoms with Crippen LogP contribution in [0.25, 0.3) is 0 Å². The van der Waals surface area contributed by atoms with Gasteiger partial charge >= 0.3 is 0 Å². The highest BCUT2D eigenvalue weighted by molar-refractivity contribution is 5.37. The van der Waals surface area contributed by atoms with Crippen molar-refractivity contribution in [1.82, 2.24) is 5.32 Å². The largest absolute Gasteiger partial charge is 0.496 e. The van der Waals surface area contributed by atoms with Crippen molar-refractivity contribution >= 4 is 0 Å². The average Bonchev–Trinajstić information content (AvgIpc) is 2.50. The molecule has 0 aliphatic carbocycles. The molecule has 1 N–H and O–H groups in total. The van der Waals surface area contributed by atoms with Crippen LogP contribution in [0.3, 0.4) is 0 Å². The molecule has 21 heavy (non-hydrogen) atoms. The Balaban J connectivity index is 2.12. The Hall–Kier alpha value is -2.00. The number of methoxy groups -OCH3 is 1. The average molecular weight is 285 g/mol. The zero-order valence-corrected chi connectivity index (χ0v) is 13.1. The molecule has 0 bridgehead atoms. The summed E-state index contributed by atoms with van der Waals surface area (Å²) >= 11 is 0. The number of para-hydroxylation sites is 1. The van der Waals surface area contributed by atoms with E-state index in [-0.39, 0.29) is 6.04 Å². The highest BCUT2D eigenvalue weighted by Gasteiger charge is 2.15. The Morgan fingerprint density at radius 2 is 1.81 bits per heavy atom. The number of hydrogen-bond acceptors (Lipinski definition) is 3. The first kappa shape index (κ1) is 15.4. The van der Waals surface area contributed by atoms with Gasteiger partial charge in [-0.25, -0.2) is 0 Å². The lowest BCUT2D eigenvalue weighted by Gasteiger charge is -2.20. The van der Waals surface area contributed by atoms with E-state index in [9.17, 15) is 0 Å². The Kier molecular flexibility index (Phi) is 5.23. The normalized spacial score (nSPS) is 12.0. The molecule has 0 fully saturated rings. The van der Waals surface area contributed by atoms with Gasteiger partial charge in [-0.15, -0.1) is 0 Å². The van der Waals surface area contributed by atoms with Crippen LogP contribution >= 0.6 is 0 Å². The predicted molar refractivity (Wildman–Crippen MR) is 86.2 cm³/mol. The van der Waals surface area contributed by atoms with Crippen molar-refractivity contribution in [1.29, 1.82) is 0 Å². The molecule has 2 rings (SSSR count). The fraction of sp³-hybridized carbons (Fsp3) is 0.333. The van der Waals surface area contributed by atoms with E-state index in [1.54, 1.807) is 7.11 Å². The first-order valence-electron chi connectivity index (χ1n) is 7.16. The van der Waals surface area contributed by atoms with E-state index >= 15 is 0 Å². The van der Waals surface area contributed by atoms with Crippen molar-refractivity contribution in [3.63, 3.8) is 0 Å². The Bertz CT molecular complexity index is 596. The number of nitrogens with one attached hydrogen (secondary N) is 1. The second kappa shape index (κ2) is 7.14. The van der Waals surface area contributed by atoms with Crippen molar-refractivity contribution in [2.24, 2.45) is 0 Å². The van der Waals surface area contributed by atoms with Gasteiger partial charge < -0.3 is 14.8 Å². The van der Waals surface area contributed by atoms with E-state index in [4.69, 9.17) is 9.47 Å². The Morgan fingerprint density at radius 1 is 1.05 bits per heavy atom. The molecule has 3 nitrogen and oxygen atoms in total. The molecule has 0 spiro atoms. The standard InChI is InChI=1S/C18H23NO2/c1-13-9-10-17(14(2)11-13)21-12-16(19-3)15-7-5-6-8-18(15)20-4/h5-11,16,19H,12H2,1-4H3. The summed E-state index contributed by atoms with van der Waals surface area (Å²) in [7, 11) is 3.62. The second-order valence-electron chi connectivity index (χ2n) is 5.16. The van der Waals surface area contributed by atoms with Gasteiger partial charge in [0.05, 0.1) is 13.2 Å². The van der Waals surface area contributed by atoms with E-state index in [0.717, 1.165) is 22.6 Å². The molecule has 1 unspecified atom stereocenters. The number of ether oxygens (including phenoxy) is 2. The van der Waals surface area contributed by atoms with Gasteiger partial charge in [0, 0.05) is 5.56 Å². The van der Waals surface area contributed by atoms with E-state index in [0.29, 0.717) is 6.61 Å². The molecule has 0 amide bonds. The molecule has 0 saturated heterocycles. The highest BCUT2D eigenvalue weighted by Crippen LogP contribution is 2.26. The molecule has 0 heterocycles. The van der Waals surface area contributed by atoms with Crippen LogP contribution in [0, 0.1) is 13.8 Å². The maximum Gasteiger partial charge on any atom is 0.123 e. The number of likely N-dealkylation sites (N-methyl/N-ethyl adjacent to an activating group) is 1. The van der Waals surface area contributed by atoms with Crippen LogP contribution < -0.4 is 14.8 Å². The van der Waals surface area contributed by atoms with Crippen LogP contribution in [0.2, 0.25) is 0 Å². The van der Waals surface area contributed by atoms with Crippen molar-refractivity contribution in [3.05, 3.63) is 59.2 Å². The van der Waals surface area contributed by atoms with E-state index in [2.05, 4.69) is 37.4 Å². The first-order chi connectivity index (χ1) is 10.2. The van der Waals surface area contributed by atoms with Crippen LogP contribution in [0.15, 0.2) is 42.5 Å². The number of benzene rings is 2. The number of rotatable bonds is 6. The topological polar surface area (TPSA) is 30.5 Å². The molecule has 3 heteroatoms. The van der Waals surface area contributed by atoms with Crippen molar-refractivity contribution in [2.75, 3.05) is 20.8 Å². The van der Waals surface area contributed by atoms with Gasteiger partial charge in [-0.3, -0.25) is 0 Å². The van der Waals surface area contributed by atoms with Crippen LogP contribution in [0.5, 0.6) is 11.5 Å². The third-order valence-electron chi connectivity index (χ3n) is 3.60. The monoisotopic (exact) mass is 285 g/mol. The van der Waals surface area contributed by atoms with Crippen molar-refractivity contribution < 1.29 is 9.47 Å². The predicted octanol–water partition coefficient (Wildman–Crippen LogP) is 3.65. The lowest BCUT2D eigenvalue weighted by Crippen LogP contribution is -2.24. The molecule has 0 aromatic heterocycles. The fourth-order valence-corrected chi connectivity index (χ4v) is 2.42. The van der Waals surface area contributed by atoms with E-state index < -0.39 is 0 Å². The quantitative estimate of drug-likeness (QED) is 0.878. The lowest BCUT2D eigenvalue weighted by molar-refractivity contribution is 0.267. The summed E-state index contributed by atoms with van der Waals surface area (Å²) in [5.41, 5.74) is 3.51. The molecule has 0 aliphatic rings. The molecule has 0 saturated carbocycles. The van der Waals surface area contributed by atoms with E-state index in [1.165, 1.54) is 5.56 Å². The zero-order valence-electron chi connectivity index (χ0n) is 13.1. The van der Waals surface area contributed by atoms with E-state index in [1.807, 2.05) is 31.3 Å². The van der Waals surface area contributed by atoms with Gasteiger partial charge in [0.1, 0.15) is 18.1 Å². The SMILES string of the molecule is CNC(COc1ccc(C)cc1C)c1ccccc1OC.